The minimum Gasteiger partial charge on any atom is -0.394 e. The molecule has 0 fully saturated rings. The van der Waals surface area contributed by atoms with Crippen molar-refractivity contribution in [3.8, 4) is 0 Å². The van der Waals surface area contributed by atoms with Crippen molar-refractivity contribution in [1.29, 1.82) is 0 Å². The molecule has 0 aliphatic rings. The van der Waals surface area contributed by atoms with E-state index in [1.54, 1.807) is 0 Å². The normalized spacial score (nSPS) is 17.4. The largest absolute Gasteiger partial charge is 0.394 e. The second kappa shape index (κ2) is 3.60. The van der Waals surface area contributed by atoms with Crippen LogP contribution in [0.4, 0.5) is 0 Å². The van der Waals surface area contributed by atoms with Gasteiger partial charge in [0, 0.05) is 0 Å². The first-order valence-corrected chi connectivity index (χ1v) is 2.32. The summed E-state index contributed by atoms with van der Waals surface area (Å²) < 4.78 is 0. The molecule has 2 atom stereocenters. The SMILES string of the molecule is C=C[C@H](O)[C@H](O)CO. The van der Waals surface area contributed by atoms with Crippen LogP contribution in [0, 0.1) is 0 Å². The van der Waals surface area contributed by atoms with Crippen molar-refractivity contribution < 1.29 is 15.3 Å². The minimum absolute atomic E-state index is 0.437. The van der Waals surface area contributed by atoms with E-state index in [-0.39, 0.29) is 0 Å². The summed E-state index contributed by atoms with van der Waals surface area (Å²) in [6, 6.07) is 0. The third-order valence-corrected chi connectivity index (χ3v) is 0.823. The van der Waals surface area contributed by atoms with Crippen molar-refractivity contribution >= 4 is 0 Å². The van der Waals surface area contributed by atoms with Gasteiger partial charge >= 0.3 is 0 Å². The minimum atomic E-state index is -1.09. The van der Waals surface area contributed by atoms with E-state index in [1.807, 2.05) is 0 Å². The molecule has 0 bridgehead atoms. The second-order valence-corrected chi connectivity index (χ2v) is 1.48. The van der Waals surface area contributed by atoms with Gasteiger partial charge in [0.2, 0.25) is 0 Å². The predicted molar refractivity (Wildman–Crippen MR) is 29.3 cm³/mol. The standard InChI is InChI=1S/C5H10O3/c1-2-4(7)5(8)3-6/h2,4-8H,1,3H2/t4-,5+/m0/s1. The summed E-state index contributed by atoms with van der Waals surface area (Å²) in [5.74, 6) is 0. The highest BCUT2D eigenvalue weighted by Gasteiger charge is 2.09. The summed E-state index contributed by atoms with van der Waals surface area (Å²) in [6.07, 6.45) is -0.937. The Balaban J connectivity index is 3.44. The first-order valence-electron chi connectivity index (χ1n) is 2.32. The molecule has 0 saturated carbocycles. The van der Waals surface area contributed by atoms with Gasteiger partial charge in [-0.25, -0.2) is 0 Å². The average molecular weight is 118 g/mol. The molecule has 0 aromatic rings. The Bertz CT molecular complexity index is 72.1. The van der Waals surface area contributed by atoms with E-state index < -0.39 is 18.8 Å². The van der Waals surface area contributed by atoms with E-state index in [1.165, 1.54) is 6.08 Å². The molecular formula is C5H10O3. The Kier molecular flexibility index (Phi) is 3.43. The van der Waals surface area contributed by atoms with Gasteiger partial charge in [0.1, 0.15) is 6.10 Å². The molecule has 0 unspecified atom stereocenters. The Hall–Kier alpha value is -0.380. The van der Waals surface area contributed by atoms with E-state index in [2.05, 4.69) is 6.58 Å². The van der Waals surface area contributed by atoms with Crippen LogP contribution >= 0.6 is 0 Å². The van der Waals surface area contributed by atoms with Crippen LogP contribution in [0.2, 0.25) is 0 Å². The maximum absolute atomic E-state index is 8.60. The zero-order valence-electron chi connectivity index (χ0n) is 4.49. The summed E-state index contributed by atoms with van der Waals surface area (Å²) in [7, 11) is 0. The van der Waals surface area contributed by atoms with Gasteiger partial charge in [-0.15, -0.1) is 6.58 Å². The molecule has 3 N–H and O–H groups in total. The lowest BCUT2D eigenvalue weighted by Crippen LogP contribution is -2.26. The number of hydrogen-bond donors (Lipinski definition) is 3. The average Bonchev–Trinajstić information content (AvgIpc) is 1.84. The summed E-state index contributed by atoms with van der Waals surface area (Å²) in [4.78, 5) is 0. The zero-order valence-corrected chi connectivity index (χ0v) is 4.49. The molecule has 0 aromatic carbocycles. The van der Waals surface area contributed by atoms with Gasteiger partial charge in [0.15, 0.2) is 0 Å². The molecule has 0 radical (unpaired) electrons. The molecule has 0 saturated heterocycles. The summed E-state index contributed by atoms with van der Waals surface area (Å²) in [5.41, 5.74) is 0. The molecule has 0 amide bonds. The topological polar surface area (TPSA) is 60.7 Å². The van der Waals surface area contributed by atoms with Crippen molar-refractivity contribution in [1.82, 2.24) is 0 Å². The van der Waals surface area contributed by atoms with Crippen molar-refractivity contribution in [2.24, 2.45) is 0 Å². The molecule has 8 heavy (non-hydrogen) atoms. The molecule has 0 rings (SSSR count). The highest BCUT2D eigenvalue weighted by Crippen LogP contribution is 1.90. The van der Waals surface area contributed by atoms with E-state index in [9.17, 15) is 0 Å². The van der Waals surface area contributed by atoms with Crippen LogP contribution < -0.4 is 0 Å². The fourth-order valence-electron chi connectivity index (χ4n) is 0.265. The smallest absolute Gasteiger partial charge is 0.106 e. The fourth-order valence-corrected chi connectivity index (χ4v) is 0.265. The van der Waals surface area contributed by atoms with Gasteiger partial charge in [-0.2, -0.15) is 0 Å². The maximum atomic E-state index is 8.60. The molecule has 0 heterocycles. The molecule has 48 valence electrons. The maximum Gasteiger partial charge on any atom is 0.106 e. The first kappa shape index (κ1) is 7.62. The number of rotatable bonds is 3. The van der Waals surface area contributed by atoms with E-state index in [0.717, 1.165) is 0 Å². The predicted octanol–water partition coefficient (Wildman–Crippen LogP) is -1.11. The Morgan fingerprint density at radius 1 is 1.50 bits per heavy atom. The van der Waals surface area contributed by atoms with Gasteiger partial charge in [0.25, 0.3) is 0 Å². The van der Waals surface area contributed by atoms with Crippen molar-refractivity contribution in [2.75, 3.05) is 6.61 Å². The number of hydrogen-bond acceptors (Lipinski definition) is 3. The number of aliphatic hydroxyl groups is 3. The Morgan fingerprint density at radius 3 is 2.12 bits per heavy atom. The van der Waals surface area contributed by atoms with Crippen LogP contribution in [0.3, 0.4) is 0 Å². The molecule has 3 heteroatoms. The van der Waals surface area contributed by atoms with Gasteiger partial charge in [0.05, 0.1) is 12.7 Å². The van der Waals surface area contributed by atoms with Crippen LogP contribution in [0.1, 0.15) is 0 Å². The van der Waals surface area contributed by atoms with Crippen LogP contribution in [-0.2, 0) is 0 Å². The van der Waals surface area contributed by atoms with Crippen LogP contribution in [-0.4, -0.2) is 34.1 Å². The fraction of sp³-hybridized carbons (Fsp3) is 0.600. The first-order chi connectivity index (χ1) is 3.72. The lowest BCUT2D eigenvalue weighted by atomic mass is 10.2. The van der Waals surface area contributed by atoms with E-state index >= 15 is 0 Å². The summed E-state index contributed by atoms with van der Waals surface area (Å²) >= 11 is 0. The third-order valence-electron chi connectivity index (χ3n) is 0.823. The van der Waals surface area contributed by atoms with Crippen LogP contribution in [0.15, 0.2) is 12.7 Å². The van der Waals surface area contributed by atoms with E-state index in [0.29, 0.717) is 0 Å². The summed E-state index contributed by atoms with van der Waals surface area (Å²) in [6.45, 7) is 2.77. The van der Waals surface area contributed by atoms with Gasteiger partial charge in [-0.05, 0) is 0 Å². The van der Waals surface area contributed by atoms with Gasteiger partial charge in [-0.3, -0.25) is 0 Å². The second-order valence-electron chi connectivity index (χ2n) is 1.48. The summed E-state index contributed by atoms with van der Waals surface area (Å²) in [5, 5.41) is 25.3. The van der Waals surface area contributed by atoms with Crippen LogP contribution in [0.5, 0.6) is 0 Å². The third kappa shape index (κ3) is 2.07. The monoisotopic (exact) mass is 118 g/mol. The Labute approximate surface area is 47.9 Å². The Morgan fingerprint density at radius 2 is 2.00 bits per heavy atom. The highest BCUT2D eigenvalue weighted by atomic mass is 16.4. The molecular weight excluding hydrogens is 108 g/mol. The number of aliphatic hydroxyl groups excluding tert-OH is 3. The quantitative estimate of drug-likeness (QED) is 0.412. The molecule has 0 aliphatic heterocycles. The van der Waals surface area contributed by atoms with E-state index in [4.69, 9.17) is 15.3 Å². The van der Waals surface area contributed by atoms with Crippen molar-refractivity contribution in [3.05, 3.63) is 12.7 Å². The lowest BCUT2D eigenvalue weighted by molar-refractivity contribution is 0.00964. The van der Waals surface area contributed by atoms with Gasteiger partial charge < -0.3 is 15.3 Å². The lowest BCUT2D eigenvalue weighted by Gasteiger charge is -2.09. The van der Waals surface area contributed by atoms with Gasteiger partial charge in [-0.1, -0.05) is 6.08 Å². The highest BCUT2D eigenvalue weighted by molar-refractivity contribution is 4.83. The molecule has 0 aliphatic carbocycles. The van der Waals surface area contributed by atoms with Crippen LogP contribution in [0.25, 0.3) is 0 Å². The molecule has 0 spiro atoms. The molecule has 3 nitrogen and oxygen atoms in total. The van der Waals surface area contributed by atoms with Crippen molar-refractivity contribution in [2.45, 2.75) is 12.2 Å². The van der Waals surface area contributed by atoms with Crippen molar-refractivity contribution in [3.63, 3.8) is 0 Å². The molecule has 0 aromatic heterocycles. The zero-order chi connectivity index (χ0) is 6.57.